The SMILES string of the molecule is CNc1cccc(C(=O)Nc2cnccc2C)n1. The highest BCUT2D eigenvalue weighted by Crippen LogP contribution is 2.13. The van der Waals surface area contributed by atoms with E-state index in [0.29, 0.717) is 17.2 Å². The van der Waals surface area contributed by atoms with Gasteiger partial charge in [0.15, 0.2) is 0 Å². The first-order valence-electron chi connectivity index (χ1n) is 5.57. The fourth-order valence-electron chi connectivity index (χ4n) is 1.48. The smallest absolute Gasteiger partial charge is 0.274 e. The Morgan fingerprint density at radius 3 is 2.83 bits per heavy atom. The van der Waals surface area contributed by atoms with Crippen LogP contribution in [0.2, 0.25) is 0 Å². The molecule has 0 radical (unpaired) electrons. The molecular weight excluding hydrogens is 228 g/mol. The maximum Gasteiger partial charge on any atom is 0.274 e. The number of hydrogen-bond donors (Lipinski definition) is 2. The first kappa shape index (κ1) is 12.0. The summed E-state index contributed by atoms with van der Waals surface area (Å²) in [6.45, 7) is 1.91. The van der Waals surface area contributed by atoms with Crippen LogP contribution in [-0.4, -0.2) is 22.9 Å². The Morgan fingerprint density at radius 2 is 2.11 bits per heavy atom. The zero-order chi connectivity index (χ0) is 13.0. The van der Waals surface area contributed by atoms with Crippen LogP contribution in [0.15, 0.2) is 36.7 Å². The van der Waals surface area contributed by atoms with Crippen molar-refractivity contribution in [1.29, 1.82) is 0 Å². The van der Waals surface area contributed by atoms with E-state index >= 15 is 0 Å². The number of rotatable bonds is 3. The van der Waals surface area contributed by atoms with Crippen LogP contribution in [0.5, 0.6) is 0 Å². The van der Waals surface area contributed by atoms with Gasteiger partial charge in [-0.1, -0.05) is 6.07 Å². The van der Waals surface area contributed by atoms with Crippen LogP contribution in [0, 0.1) is 6.92 Å². The molecule has 5 heteroatoms. The van der Waals surface area contributed by atoms with E-state index in [1.807, 2.05) is 13.0 Å². The molecule has 2 aromatic heterocycles. The zero-order valence-corrected chi connectivity index (χ0v) is 10.3. The van der Waals surface area contributed by atoms with Crippen molar-refractivity contribution in [3.63, 3.8) is 0 Å². The second kappa shape index (κ2) is 5.27. The normalized spacial score (nSPS) is 9.89. The molecule has 2 rings (SSSR count). The maximum absolute atomic E-state index is 12.0. The quantitative estimate of drug-likeness (QED) is 0.864. The highest BCUT2D eigenvalue weighted by molar-refractivity contribution is 6.03. The summed E-state index contributed by atoms with van der Waals surface area (Å²) >= 11 is 0. The third kappa shape index (κ3) is 2.63. The van der Waals surface area contributed by atoms with E-state index in [1.54, 1.807) is 37.6 Å². The van der Waals surface area contributed by atoms with Crippen LogP contribution >= 0.6 is 0 Å². The van der Waals surface area contributed by atoms with Gasteiger partial charge in [-0.3, -0.25) is 9.78 Å². The molecule has 1 amide bonds. The number of aromatic nitrogens is 2. The molecule has 92 valence electrons. The van der Waals surface area contributed by atoms with Gasteiger partial charge in [0, 0.05) is 13.2 Å². The average molecular weight is 242 g/mol. The van der Waals surface area contributed by atoms with E-state index in [-0.39, 0.29) is 5.91 Å². The topological polar surface area (TPSA) is 66.9 Å². The molecule has 5 nitrogen and oxygen atoms in total. The second-order valence-corrected chi connectivity index (χ2v) is 3.80. The monoisotopic (exact) mass is 242 g/mol. The highest BCUT2D eigenvalue weighted by atomic mass is 16.1. The van der Waals surface area contributed by atoms with Gasteiger partial charge in [0.25, 0.3) is 5.91 Å². The lowest BCUT2D eigenvalue weighted by Gasteiger charge is -2.07. The van der Waals surface area contributed by atoms with Gasteiger partial charge >= 0.3 is 0 Å². The van der Waals surface area contributed by atoms with Crippen LogP contribution < -0.4 is 10.6 Å². The van der Waals surface area contributed by atoms with Crippen molar-refractivity contribution in [2.24, 2.45) is 0 Å². The van der Waals surface area contributed by atoms with Gasteiger partial charge in [-0.25, -0.2) is 4.98 Å². The number of amides is 1. The predicted octanol–water partition coefficient (Wildman–Crippen LogP) is 2.08. The molecule has 0 fully saturated rings. The Kier molecular flexibility index (Phi) is 3.52. The van der Waals surface area contributed by atoms with E-state index in [2.05, 4.69) is 20.6 Å². The van der Waals surface area contributed by atoms with E-state index in [1.165, 1.54) is 0 Å². The molecule has 0 saturated carbocycles. The Labute approximate surface area is 105 Å². The van der Waals surface area contributed by atoms with Crippen LogP contribution in [0.4, 0.5) is 11.5 Å². The molecule has 0 aromatic carbocycles. The van der Waals surface area contributed by atoms with Gasteiger partial charge in [-0.05, 0) is 30.7 Å². The molecule has 2 N–H and O–H groups in total. The van der Waals surface area contributed by atoms with Crippen LogP contribution in [0.3, 0.4) is 0 Å². The number of nitrogens with one attached hydrogen (secondary N) is 2. The molecule has 0 bridgehead atoms. The van der Waals surface area contributed by atoms with E-state index < -0.39 is 0 Å². The van der Waals surface area contributed by atoms with Crippen molar-refractivity contribution in [1.82, 2.24) is 9.97 Å². The molecular formula is C13H14N4O. The Bertz CT molecular complexity index is 568. The third-order valence-corrected chi connectivity index (χ3v) is 2.53. The molecule has 0 spiro atoms. The highest BCUT2D eigenvalue weighted by Gasteiger charge is 2.09. The van der Waals surface area contributed by atoms with Crippen LogP contribution in [-0.2, 0) is 0 Å². The first-order valence-corrected chi connectivity index (χ1v) is 5.57. The summed E-state index contributed by atoms with van der Waals surface area (Å²) in [6, 6.07) is 7.09. The number of carbonyl (C=O) groups excluding carboxylic acids is 1. The lowest BCUT2D eigenvalue weighted by Crippen LogP contribution is -2.15. The molecule has 18 heavy (non-hydrogen) atoms. The van der Waals surface area contributed by atoms with Gasteiger partial charge in [0.2, 0.25) is 0 Å². The van der Waals surface area contributed by atoms with Gasteiger partial charge in [0.1, 0.15) is 11.5 Å². The summed E-state index contributed by atoms with van der Waals surface area (Å²) in [4.78, 5) is 20.2. The number of anilines is 2. The standard InChI is InChI=1S/C13H14N4O/c1-9-6-7-15-8-11(9)17-13(18)10-4-3-5-12(14-2)16-10/h3-8H,1-2H3,(H,14,16)(H,17,18). The average Bonchev–Trinajstić information content (AvgIpc) is 2.41. The molecule has 0 saturated heterocycles. The predicted molar refractivity (Wildman–Crippen MR) is 70.7 cm³/mol. The minimum Gasteiger partial charge on any atom is -0.373 e. The molecule has 0 atom stereocenters. The third-order valence-electron chi connectivity index (χ3n) is 2.53. The van der Waals surface area contributed by atoms with Gasteiger partial charge < -0.3 is 10.6 Å². The fraction of sp³-hybridized carbons (Fsp3) is 0.154. The largest absolute Gasteiger partial charge is 0.373 e. The van der Waals surface area contributed by atoms with E-state index in [9.17, 15) is 4.79 Å². The summed E-state index contributed by atoms with van der Waals surface area (Å²) in [5, 5.41) is 5.68. The van der Waals surface area contributed by atoms with Gasteiger partial charge in [-0.15, -0.1) is 0 Å². The molecule has 0 unspecified atom stereocenters. The maximum atomic E-state index is 12.0. The van der Waals surface area contributed by atoms with Gasteiger partial charge in [0.05, 0.1) is 11.9 Å². The number of carbonyl (C=O) groups is 1. The van der Waals surface area contributed by atoms with Gasteiger partial charge in [-0.2, -0.15) is 0 Å². The van der Waals surface area contributed by atoms with Crippen molar-refractivity contribution >= 4 is 17.4 Å². The Morgan fingerprint density at radius 1 is 1.28 bits per heavy atom. The minimum absolute atomic E-state index is 0.247. The second-order valence-electron chi connectivity index (χ2n) is 3.80. The summed E-state index contributed by atoms with van der Waals surface area (Å²) in [5.41, 5.74) is 2.02. The molecule has 2 heterocycles. The van der Waals surface area contributed by atoms with Crippen molar-refractivity contribution in [3.8, 4) is 0 Å². The van der Waals surface area contributed by atoms with Crippen LogP contribution in [0.25, 0.3) is 0 Å². The Balaban J connectivity index is 2.19. The minimum atomic E-state index is -0.247. The van der Waals surface area contributed by atoms with Crippen molar-refractivity contribution < 1.29 is 4.79 Å². The fourth-order valence-corrected chi connectivity index (χ4v) is 1.48. The van der Waals surface area contributed by atoms with Crippen LogP contribution in [0.1, 0.15) is 16.1 Å². The number of aryl methyl sites for hydroxylation is 1. The van der Waals surface area contributed by atoms with Crippen molar-refractivity contribution in [2.75, 3.05) is 17.7 Å². The van der Waals surface area contributed by atoms with Crippen molar-refractivity contribution in [3.05, 3.63) is 47.9 Å². The number of hydrogen-bond acceptors (Lipinski definition) is 4. The summed E-state index contributed by atoms with van der Waals surface area (Å²) in [7, 11) is 1.76. The number of nitrogens with zero attached hydrogens (tertiary/aromatic N) is 2. The number of pyridine rings is 2. The molecule has 0 aliphatic heterocycles. The molecule has 0 aliphatic carbocycles. The Hall–Kier alpha value is -2.43. The zero-order valence-electron chi connectivity index (χ0n) is 10.3. The van der Waals surface area contributed by atoms with E-state index in [4.69, 9.17) is 0 Å². The lowest BCUT2D eigenvalue weighted by atomic mass is 10.2. The molecule has 0 aliphatic rings. The van der Waals surface area contributed by atoms with Crippen molar-refractivity contribution in [2.45, 2.75) is 6.92 Å². The lowest BCUT2D eigenvalue weighted by molar-refractivity contribution is 0.102. The molecule has 2 aromatic rings. The van der Waals surface area contributed by atoms with E-state index in [0.717, 1.165) is 5.56 Å². The summed E-state index contributed by atoms with van der Waals surface area (Å²) in [6.07, 6.45) is 3.31. The first-order chi connectivity index (χ1) is 8.70. The summed E-state index contributed by atoms with van der Waals surface area (Å²) < 4.78 is 0. The summed E-state index contributed by atoms with van der Waals surface area (Å²) in [5.74, 6) is 0.411.